The fourth-order valence-electron chi connectivity index (χ4n) is 8.22. The van der Waals surface area contributed by atoms with Gasteiger partial charge in [-0.25, -0.2) is 0 Å². The number of hydrogen-bond acceptors (Lipinski definition) is 10. The van der Waals surface area contributed by atoms with Crippen molar-refractivity contribution in [2.24, 2.45) is 22.2 Å². The van der Waals surface area contributed by atoms with Gasteiger partial charge in [0.1, 0.15) is 24.4 Å². The lowest BCUT2D eigenvalue weighted by Crippen LogP contribution is -2.63. The lowest BCUT2D eigenvalue weighted by molar-refractivity contribution is -0.297. The second-order valence-electron chi connectivity index (χ2n) is 12.0. The highest BCUT2D eigenvalue weighted by Crippen LogP contribution is 2.70. The first-order valence-corrected chi connectivity index (χ1v) is 12.6. The van der Waals surface area contributed by atoms with Crippen LogP contribution >= 0.6 is 0 Å². The number of fused-ring (bicyclic) bond motifs is 3. The summed E-state index contributed by atoms with van der Waals surface area (Å²) in [7, 11) is 0. The first kappa shape index (κ1) is 26.0. The summed E-state index contributed by atoms with van der Waals surface area (Å²) in [6.07, 6.45) is -4.91. The standard InChI is InChI=1S/C26H36O10/c1-12-20(32)25-9-13(28)19-23(2,15(25)5-8-26(12,34)11-25)6-4-7-24(19,3)22(33)36-21-18(31)17(30)16(29)14(10-27)35-21/h5,13-14,16-19,21,27-31,34H,1,4,6-11H2,2-3H3. The zero-order valence-corrected chi connectivity index (χ0v) is 20.6. The Morgan fingerprint density at radius 3 is 2.53 bits per heavy atom. The van der Waals surface area contributed by atoms with Crippen molar-refractivity contribution >= 4 is 11.8 Å². The molecular formula is C26H36O10. The monoisotopic (exact) mass is 508 g/mol. The molecule has 0 aromatic rings. The molecule has 0 aromatic heterocycles. The summed E-state index contributed by atoms with van der Waals surface area (Å²) in [6.45, 7) is 6.84. The lowest BCUT2D eigenvalue weighted by atomic mass is 9.43. The molecule has 0 amide bonds. The first-order chi connectivity index (χ1) is 16.7. The number of hydrogen-bond donors (Lipinski definition) is 6. The van der Waals surface area contributed by atoms with Crippen LogP contribution in [0.1, 0.15) is 52.4 Å². The molecule has 200 valence electrons. The zero-order chi connectivity index (χ0) is 26.4. The summed E-state index contributed by atoms with van der Waals surface area (Å²) >= 11 is 0. The van der Waals surface area contributed by atoms with Crippen molar-refractivity contribution < 1.29 is 49.7 Å². The van der Waals surface area contributed by atoms with Gasteiger partial charge in [-0.15, -0.1) is 0 Å². The van der Waals surface area contributed by atoms with Crippen molar-refractivity contribution in [1.29, 1.82) is 0 Å². The van der Waals surface area contributed by atoms with E-state index in [9.17, 15) is 40.2 Å². The van der Waals surface area contributed by atoms with Crippen molar-refractivity contribution in [2.45, 2.75) is 94.8 Å². The summed E-state index contributed by atoms with van der Waals surface area (Å²) in [5, 5.41) is 62.5. The van der Waals surface area contributed by atoms with Crippen LogP contribution in [0.3, 0.4) is 0 Å². The largest absolute Gasteiger partial charge is 0.432 e. The number of carbonyl (C=O) groups excluding carboxylic acids is 2. The Balaban J connectivity index is 1.47. The maximum Gasteiger partial charge on any atom is 0.314 e. The Morgan fingerprint density at radius 1 is 1.17 bits per heavy atom. The van der Waals surface area contributed by atoms with Gasteiger partial charge in [-0.05, 0) is 44.4 Å². The molecule has 3 saturated carbocycles. The minimum atomic E-state index is -1.73. The van der Waals surface area contributed by atoms with E-state index in [2.05, 4.69) is 6.58 Å². The van der Waals surface area contributed by atoms with E-state index < -0.39 is 77.1 Å². The third-order valence-electron chi connectivity index (χ3n) is 9.88. The summed E-state index contributed by atoms with van der Waals surface area (Å²) in [6, 6.07) is 0. The number of allylic oxidation sites excluding steroid dienone is 1. The van der Waals surface area contributed by atoms with Gasteiger partial charge in [-0.3, -0.25) is 9.59 Å². The average molecular weight is 509 g/mol. The van der Waals surface area contributed by atoms with Crippen molar-refractivity contribution in [3.8, 4) is 0 Å². The van der Waals surface area contributed by atoms with Gasteiger partial charge in [0.05, 0.1) is 29.1 Å². The third-order valence-corrected chi connectivity index (χ3v) is 9.88. The number of aliphatic hydroxyl groups is 6. The number of aliphatic hydroxyl groups excluding tert-OH is 5. The molecule has 4 fully saturated rings. The van der Waals surface area contributed by atoms with Crippen LogP contribution in [-0.2, 0) is 19.1 Å². The number of esters is 1. The van der Waals surface area contributed by atoms with E-state index in [1.54, 1.807) is 6.92 Å². The molecule has 2 bridgehead atoms. The number of rotatable bonds is 3. The van der Waals surface area contributed by atoms with Crippen LogP contribution in [0.15, 0.2) is 23.8 Å². The summed E-state index contributed by atoms with van der Waals surface area (Å²) in [4.78, 5) is 27.1. The maximum absolute atomic E-state index is 13.7. The van der Waals surface area contributed by atoms with Crippen LogP contribution in [0.4, 0.5) is 0 Å². The SMILES string of the molecule is C=C1C(=O)C23CC(O)C4C(C)(C(=O)OC5OC(CO)C(O)C(O)C5O)CCCC4(C)C2=CCC1(O)C3. The maximum atomic E-state index is 13.7. The topological polar surface area (TPSA) is 174 Å². The van der Waals surface area contributed by atoms with Crippen LogP contribution in [0.25, 0.3) is 0 Å². The third kappa shape index (κ3) is 3.22. The van der Waals surface area contributed by atoms with Crippen LogP contribution in [0, 0.1) is 22.2 Å². The molecule has 10 nitrogen and oxygen atoms in total. The molecule has 6 N–H and O–H groups in total. The van der Waals surface area contributed by atoms with E-state index in [4.69, 9.17) is 9.47 Å². The van der Waals surface area contributed by atoms with Gasteiger partial charge in [-0.2, -0.15) is 0 Å². The number of ketones is 1. The number of Topliss-reactive ketones (excluding diaryl/α,β-unsaturated/α-hetero) is 1. The summed E-state index contributed by atoms with van der Waals surface area (Å²) in [5.41, 5.74) is -3.31. The number of ether oxygens (including phenoxy) is 2. The van der Waals surface area contributed by atoms with Crippen molar-refractivity contribution in [3.63, 3.8) is 0 Å². The molecule has 11 atom stereocenters. The molecular weight excluding hydrogens is 472 g/mol. The fourth-order valence-corrected chi connectivity index (χ4v) is 8.22. The van der Waals surface area contributed by atoms with E-state index in [1.807, 2.05) is 13.0 Å². The number of carbonyl (C=O) groups is 2. The van der Waals surface area contributed by atoms with Gasteiger partial charge in [-0.1, -0.05) is 31.6 Å². The minimum absolute atomic E-state index is 0.0577. The summed E-state index contributed by atoms with van der Waals surface area (Å²) in [5.74, 6) is -1.61. The molecule has 1 spiro atoms. The zero-order valence-electron chi connectivity index (χ0n) is 20.6. The Kier molecular flexibility index (Phi) is 5.89. The molecule has 0 radical (unpaired) electrons. The smallest absolute Gasteiger partial charge is 0.314 e. The normalized spacial score (nSPS) is 52.3. The van der Waals surface area contributed by atoms with Crippen molar-refractivity contribution in [2.75, 3.05) is 6.61 Å². The Bertz CT molecular complexity index is 1020. The predicted molar refractivity (Wildman–Crippen MR) is 123 cm³/mol. The quantitative estimate of drug-likeness (QED) is 0.165. The van der Waals surface area contributed by atoms with E-state index in [0.29, 0.717) is 19.3 Å². The molecule has 4 aliphatic carbocycles. The van der Waals surface area contributed by atoms with Gasteiger partial charge in [0, 0.05) is 11.5 Å². The summed E-state index contributed by atoms with van der Waals surface area (Å²) < 4.78 is 10.9. The van der Waals surface area contributed by atoms with E-state index in [1.165, 1.54) is 0 Å². The van der Waals surface area contributed by atoms with Gasteiger partial charge < -0.3 is 40.1 Å². The van der Waals surface area contributed by atoms with Crippen LogP contribution in [0.2, 0.25) is 0 Å². The molecule has 0 aromatic carbocycles. The molecule has 10 heteroatoms. The average Bonchev–Trinajstić information content (AvgIpc) is 2.95. The molecule has 11 unspecified atom stereocenters. The lowest BCUT2D eigenvalue weighted by Gasteiger charge is -2.61. The molecule has 1 saturated heterocycles. The Labute approximate surface area is 209 Å². The highest BCUT2D eigenvalue weighted by atomic mass is 16.7. The molecule has 1 aliphatic heterocycles. The second-order valence-corrected chi connectivity index (χ2v) is 12.0. The highest BCUT2D eigenvalue weighted by molar-refractivity contribution is 6.07. The molecule has 5 aliphatic rings. The van der Waals surface area contributed by atoms with E-state index in [-0.39, 0.29) is 30.6 Å². The molecule has 1 heterocycles. The van der Waals surface area contributed by atoms with E-state index in [0.717, 1.165) is 5.57 Å². The Hall–Kier alpha value is -1.66. The van der Waals surface area contributed by atoms with Crippen LogP contribution in [0.5, 0.6) is 0 Å². The minimum Gasteiger partial charge on any atom is -0.432 e. The first-order valence-electron chi connectivity index (χ1n) is 12.6. The van der Waals surface area contributed by atoms with Gasteiger partial charge >= 0.3 is 5.97 Å². The Morgan fingerprint density at radius 2 is 1.86 bits per heavy atom. The second kappa shape index (κ2) is 8.17. The van der Waals surface area contributed by atoms with E-state index >= 15 is 0 Å². The fraction of sp³-hybridized carbons (Fsp3) is 0.769. The van der Waals surface area contributed by atoms with Gasteiger partial charge in [0.15, 0.2) is 5.78 Å². The van der Waals surface area contributed by atoms with Crippen LogP contribution < -0.4 is 0 Å². The van der Waals surface area contributed by atoms with Crippen molar-refractivity contribution in [3.05, 3.63) is 23.8 Å². The van der Waals surface area contributed by atoms with Crippen LogP contribution in [-0.4, -0.2) is 91.4 Å². The van der Waals surface area contributed by atoms with Gasteiger partial charge in [0.2, 0.25) is 6.29 Å². The molecule has 5 rings (SSSR count). The molecule has 36 heavy (non-hydrogen) atoms. The predicted octanol–water partition coefficient (Wildman–Crippen LogP) is -0.517. The highest BCUT2D eigenvalue weighted by Gasteiger charge is 2.71. The van der Waals surface area contributed by atoms with Crippen molar-refractivity contribution in [1.82, 2.24) is 0 Å². The van der Waals surface area contributed by atoms with Gasteiger partial charge in [0.25, 0.3) is 0 Å².